The number of rotatable bonds is 6. The standard InChI is InChI=1S/C17H22N2O2/c1-4-10-21-13(2)17(20)19(3)12-15-7-5-6-14-11-18-9-8-16(14)15/h5-9,11,13H,4,10,12H2,1-3H3/t13-/m1/s1. The molecule has 0 aliphatic rings. The number of carbonyl (C=O) groups excluding carboxylic acids is 1. The van der Waals surface area contributed by atoms with Gasteiger partial charge in [-0.05, 0) is 30.4 Å². The topological polar surface area (TPSA) is 42.4 Å². The Morgan fingerprint density at radius 3 is 2.95 bits per heavy atom. The largest absolute Gasteiger partial charge is 0.369 e. The second kappa shape index (κ2) is 7.18. The van der Waals surface area contributed by atoms with Gasteiger partial charge >= 0.3 is 0 Å². The van der Waals surface area contributed by atoms with Crippen molar-refractivity contribution in [3.8, 4) is 0 Å². The van der Waals surface area contributed by atoms with Crippen LogP contribution in [0.3, 0.4) is 0 Å². The van der Waals surface area contributed by atoms with E-state index >= 15 is 0 Å². The summed E-state index contributed by atoms with van der Waals surface area (Å²) in [6.07, 6.45) is 4.14. The third-order valence-electron chi connectivity index (χ3n) is 3.47. The summed E-state index contributed by atoms with van der Waals surface area (Å²) in [7, 11) is 1.81. The first-order valence-corrected chi connectivity index (χ1v) is 7.31. The molecule has 0 saturated carbocycles. The van der Waals surface area contributed by atoms with Gasteiger partial charge in [-0.3, -0.25) is 9.78 Å². The summed E-state index contributed by atoms with van der Waals surface area (Å²) in [5, 5.41) is 2.22. The van der Waals surface area contributed by atoms with E-state index in [1.807, 2.05) is 51.4 Å². The highest BCUT2D eigenvalue weighted by Gasteiger charge is 2.18. The van der Waals surface area contributed by atoms with Crippen molar-refractivity contribution >= 4 is 16.7 Å². The Morgan fingerprint density at radius 2 is 2.19 bits per heavy atom. The van der Waals surface area contributed by atoms with Gasteiger partial charge in [-0.1, -0.05) is 25.1 Å². The van der Waals surface area contributed by atoms with Crippen molar-refractivity contribution in [2.75, 3.05) is 13.7 Å². The lowest BCUT2D eigenvalue weighted by atomic mass is 10.1. The predicted octanol–water partition coefficient (Wildman–Crippen LogP) is 3.01. The van der Waals surface area contributed by atoms with Gasteiger partial charge in [0.1, 0.15) is 6.10 Å². The Balaban J connectivity index is 2.11. The average Bonchev–Trinajstić information content (AvgIpc) is 2.52. The molecule has 0 radical (unpaired) electrons. The molecule has 2 rings (SSSR count). The van der Waals surface area contributed by atoms with Gasteiger partial charge in [0.2, 0.25) is 0 Å². The van der Waals surface area contributed by atoms with Crippen LogP contribution >= 0.6 is 0 Å². The molecule has 0 spiro atoms. The quantitative estimate of drug-likeness (QED) is 0.820. The third kappa shape index (κ3) is 3.79. The first-order chi connectivity index (χ1) is 10.1. The molecule has 21 heavy (non-hydrogen) atoms. The minimum atomic E-state index is -0.397. The minimum Gasteiger partial charge on any atom is -0.369 e. The van der Waals surface area contributed by atoms with E-state index in [2.05, 4.69) is 4.98 Å². The van der Waals surface area contributed by atoms with Crippen LogP contribution in [0.15, 0.2) is 36.7 Å². The van der Waals surface area contributed by atoms with E-state index in [9.17, 15) is 4.79 Å². The number of hydrogen-bond donors (Lipinski definition) is 0. The van der Waals surface area contributed by atoms with Gasteiger partial charge in [0, 0.05) is 38.0 Å². The molecular formula is C17H22N2O2. The second-order valence-electron chi connectivity index (χ2n) is 5.22. The number of nitrogens with zero attached hydrogens (tertiary/aromatic N) is 2. The van der Waals surface area contributed by atoms with Crippen LogP contribution in [-0.2, 0) is 16.1 Å². The number of carbonyl (C=O) groups is 1. The lowest BCUT2D eigenvalue weighted by molar-refractivity contribution is -0.141. The normalized spacial score (nSPS) is 12.3. The van der Waals surface area contributed by atoms with E-state index in [0.717, 1.165) is 22.8 Å². The van der Waals surface area contributed by atoms with Crippen LogP contribution < -0.4 is 0 Å². The molecular weight excluding hydrogens is 264 g/mol. The lowest BCUT2D eigenvalue weighted by Crippen LogP contribution is -2.36. The summed E-state index contributed by atoms with van der Waals surface area (Å²) in [4.78, 5) is 18.1. The van der Waals surface area contributed by atoms with Crippen LogP contribution in [-0.4, -0.2) is 35.5 Å². The van der Waals surface area contributed by atoms with Crippen molar-refractivity contribution in [3.05, 3.63) is 42.2 Å². The predicted molar refractivity (Wildman–Crippen MR) is 83.9 cm³/mol. The molecule has 4 heteroatoms. The zero-order valence-electron chi connectivity index (χ0n) is 12.9. The van der Waals surface area contributed by atoms with Gasteiger partial charge in [-0.25, -0.2) is 0 Å². The first-order valence-electron chi connectivity index (χ1n) is 7.31. The molecule has 1 aromatic heterocycles. The van der Waals surface area contributed by atoms with Crippen LogP contribution in [0.1, 0.15) is 25.8 Å². The van der Waals surface area contributed by atoms with E-state index in [4.69, 9.17) is 4.74 Å². The molecule has 0 N–H and O–H groups in total. The van der Waals surface area contributed by atoms with Crippen LogP contribution in [0.25, 0.3) is 10.8 Å². The molecule has 1 heterocycles. The lowest BCUT2D eigenvalue weighted by Gasteiger charge is -2.22. The van der Waals surface area contributed by atoms with Crippen molar-refractivity contribution in [2.45, 2.75) is 32.9 Å². The average molecular weight is 286 g/mol. The van der Waals surface area contributed by atoms with E-state index in [-0.39, 0.29) is 5.91 Å². The summed E-state index contributed by atoms with van der Waals surface area (Å²) in [5.74, 6) is 0.00880. The number of fused-ring (bicyclic) bond motifs is 1. The van der Waals surface area contributed by atoms with Crippen LogP contribution in [0.5, 0.6) is 0 Å². The Kier molecular flexibility index (Phi) is 5.28. The molecule has 0 unspecified atom stereocenters. The molecule has 0 saturated heterocycles. The summed E-state index contributed by atoms with van der Waals surface area (Å²) in [6, 6.07) is 8.05. The molecule has 1 aromatic carbocycles. The molecule has 1 atom stereocenters. The first kappa shape index (κ1) is 15.4. The fourth-order valence-corrected chi connectivity index (χ4v) is 2.34. The monoisotopic (exact) mass is 286 g/mol. The molecule has 4 nitrogen and oxygen atoms in total. The summed E-state index contributed by atoms with van der Waals surface area (Å²) in [5.41, 5.74) is 1.12. The van der Waals surface area contributed by atoms with E-state index < -0.39 is 6.10 Å². The SMILES string of the molecule is CCCO[C@H](C)C(=O)N(C)Cc1cccc2cnccc12. The van der Waals surface area contributed by atoms with Gasteiger partial charge in [-0.15, -0.1) is 0 Å². The number of hydrogen-bond acceptors (Lipinski definition) is 3. The number of likely N-dealkylation sites (N-methyl/N-ethyl adjacent to an activating group) is 1. The number of pyridine rings is 1. The molecule has 0 aliphatic carbocycles. The van der Waals surface area contributed by atoms with Gasteiger partial charge < -0.3 is 9.64 Å². The number of benzene rings is 1. The van der Waals surface area contributed by atoms with Gasteiger partial charge in [0.05, 0.1) is 0 Å². The summed E-state index contributed by atoms with van der Waals surface area (Å²) < 4.78 is 5.50. The molecule has 0 aliphatic heterocycles. The number of ether oxygens (including phenoxy) is 1. The molecule has 2 aromatic rings. The maximum atomic E-state index is 12.3. The van der Waals surface area contributed by atoms with Crippen molar-refractivity contribution < 1.29 is 9.53 Å². The van der Waals surface area contributed by atoms with Crippen LogP contribution in [0, 0.1) is 0 Å². The van der Waals surface area contributed by atoms with Crippen LogP contribution in [0.4, 0.5) is 0 Å². The highest BCUT2D eigenvalue weighted by Crippen LogP contribution is 2.19. The Labute approximate surface area is 125 Å². The van der Waals surface area contributed by atoms with Crippen molar-refractivity contribution in [1.82, 2.24) is 9.88 Å². The Hall–Kier alpha value is -1.94. The van der Waals surface area contributed by atoms with Gasteiger partial charge in [0.15, 0.2) is 0 Å². The molecule has 112 valence electrons. The van der Waals surface area contributed by atoms with Gasteiger partial charge in [-0.2, -0.15) is 0 Å². The van der Waals surface area contributed by atoms with Crippen LogP contribution in [0.2, 0.25) is 0 Å². The zero-order valence-corrected chi connectivity index (χ0v) is 12.9. The van der Waals surface area contributed by atoms with Gasteiger partial charge in [0.25, 0.3) is 5.91 Å². The van der Waals surface area contributed by atoms with Crippen molar-refractivity contribution in [3.63, 3.8) is 0 Å². The fraction of sp³-hybridized carbons (Fsp3) is 0.412. The third-order valence-corrected chi connectivity index (χ3v) is 3.47. The van der Waals surface area contributed by atoms with Crippen molar-refractivity contribution in [2.24, 2.45) is 0 Å². The zero-order chi connectivity index (χ0) is 15.2. The van der Waals surface area contributed by atoms with E-state index in [1.54, 1.807) is 11.1 Å². The highest BCUT2D eigenvalue weighted by atomic mass is 16.5. The molecule has 0 bridgehead atoms. The van der Waals surface area contributed by atoms with E-state index in [1.165, 1.54) is 0 Å². The Bertz CT molecular complexity index is 607. The minimum absolute atomic E-state index is 0.00880. The van der Waals surface area contributed by atoms with Crippen molar-refractivity contribution in [1.29, 1.82) is 0 Å². The highest BCUT2D eigenvalue weighted by molar-refractivity contribution is 5.86. The molecule has 0 fully saturated rings. The number of amides is 1. The molecule has 1 amide bonds. The summed E-state index contributed by atoms with van der Waals surface area (Å²) >= 11 is 0. The maximum Gasteiger partial charge on any atom is 0.251 e. The summed E-state index contributed by atoms with van der Waals surface area (Å²) in [6.45, 7) is 5.02. The Morgan fingerprint density at radius 1 is 1.38 bits per heavy atom. The number of aromatic nitrogens is 1. The van der Waals surface area contributed by atoms with E-state index in [0.29, 0.717) is 13.2 Å². The second-order valence-corrected chi connectivity index (χ2v) is 5.22. The fourth-order valence-electron chi connectivity index (χ4n) is 2.34. The maximum absolute atomic E-state index is 12.3. The smallest absolute Gasteiger partial charge is 0.251 e.